The molecule has 0 saturated carbocycles. The Labute approximate surface area is 94.1 Å². The van der Waals surface area contributed by atoms with Gasteiger partial charge in [-0.25, -0.2) is 12.8 Å². The molecule has 0 atom stereocenters. The number of halogens is 1. The average Bonchev–Trinajstić information content (AvgIpc) is 2.37. The molecule has 1 aliphatic heterocycles. The van der Waals surface area contributed by atoms with Crippen LogP contribution in [0.25, 0.3) is 5.57 Å². The fourth-order valence-electron chi connectivity index (χ4n) is 1.77. The lowest BCUT2D eigenvalue weighted by Gasteiger charge is -2.10. The summed E-state index contributed by atoms with van der Waals surface area (Å²) in [5, 5.41) is 1.22. The van der Waals surface area contributed by atoms with E-state index < -0.39 is 15.7 Å². The molecule has 86 valence electrons. The lowest BCUT2D eigenvalue weighted by atomic mass is 10.1. The van der Waals surface area contributed by atoms with Gasteiger partial charge in [0.05, 0.1) is 4.90 Å². The summed E-state index contributed by atoms with van der Waals surface area (Å²) in [6, 6.07) is 3.87. The second-order valence-corrected chi connectivity index (χ2v) is 5.83. The summed E-state index contributed by atoms with van der Waals surface area (Å²) >= 11 is 0. The number of hydrogen-bond acceptors (Lipinski definition) is 3. The molecule has 0 unspecified atom stereocenters. The number of fused-ring (bicyclic) bond motifs is 1. The summed E-state index contributed by atoms with van der Waals surface area (Å²) in [6.45, 7) is 0.526. The molecule has 1 heterocycles. The SMILES string of the molecule is CN(C)CC1=CS(=O)(=O)c2cc(F)ccc21. The second kappa shape index (κ2) is 3.68. The molecule has 1 aromatic carbocycles. The Hall–Kier alpha value is -1.20. The smallest absolute Gasteiger partial charge is 0.200 e. The molecule has 0 N–H and O–H groups in total. The van der Waals surface area contributed by atoms with Gasteiger partial charge in [0.25, 0.3) is 0 Å². The zero-order valence-electron chi connectivity index (χ0n) is 9.07. The number of nitrogens with zero attached hydrogens (tertiary/aromatic N) is 1. The van der Waals surface area contributed by atoms with Crippen LogP contribution in [0.2, 0.25) is 0 Å². The first-order valence-corrected chi connectivity index (χ1v) is 6.35. The highest BCUT2D eigenvalue weighted by atomic mass is 32.2. The third-order valence-electron chi connectivity index (χ3n) is 2.38. The van der Waals surface area contributed by atoms with Crippen LogP contribution in [0.4, 0.5) is 4.39 Å². The van der Waals surface area contributed by atoms with Gasteiger partial charge in [0, 0.05) is 12.0 Å². The Morgan fingerprint density at radius 3 is 2.62 bits per heavy atom. The fourth-order valence-corrected chi connectivity index (χ4v) is 3.26. The van der Waals surface area contributed by atoms with Crippen LogP contribution in [0, 0.1) is 5.82 Å². The van der Waals surface area contributed by atoms with Crippen LogP contribution < -0.4 is 0 Å². The van der Waals surface area contributed by atoms with E-state index in [9.17, 15) is 12.8 Å². The minimum atomic E-state index is -3.45. The predicted molar refractivity (Wildman–Crippen MR) is 60.1 cm³/mol. The minimum Gasteiger partial charge on any atom is -0.305 e. The summed E-state index contributed by atoms with van der Waals surface area (Å²) < 4.78 is 36.5. The van der Waals surface area contributed by atoms with Gasteiger partial charge >= 0.3 is 0 Å². The van der Waals surface area contributed by atoms with E-state index >= 15 is 0 Å². The molecule has 0 spiro atoms. The van der Waals surface area contributed by atoms with E-state index in [0.29, 0.717) is 17.7 Å². The van der Waals surface area contributed by atoms with Crippen molar-refractivity contribution in [3.05, 3.63) is 35.0 Å². The van der Waals surface area contributed by atoms with E-state index in [1.165, 1.54) is 17.5 Å². The fraction of sp³-hybridized carbons (Fsp3) is 0.273. The van der Waals surface area contributed by atoms with Crippen molar-refractivity contribution in [2.45, 2.75) is 4.90 Å². The Kier molecular flexibility index (Phi) is 2.59. The predicted octanol–water partition coefficient (Wildman–Crippen LogP) is 1.52. The zero-order chi connectivity index (χ0) is 11.9. The molecule has 16 heavy (non-hydrogen) atoms. The zero-order valence-corrected chi connectivity index (χ0v) is 9.88. The van der Waals surface area contributed by atoms with Gasteiger partial charge < -0.3 is 4.90 Å². The van der Waals surface area contributed by atoms with Crippen LogP contribution in [0.1, 0.15) is 5.56 Å². The van der Waals surface area contributed by atoms with Crippen LogP contribution >= 0.6 is 0 Å². The number of benzene rings is 1. The Balaban J connectivity index is 2.56. The molecule has 0 fully saturated rings. The van der Waals surface area contributed by atoms with Crippen LogP contribution in [-0.2, 0) is 9.84 Å². The van der Waals surface area contributed by atoms with Gasteiger partial charge in [-0.1, -0.05) is 6.07 Å². The third-order valence-corrected chi connectivity index (χ3v) is 3.93. The highest BCUT2D eigenvalue weighted by Crippen LogP contribution is 2.33. The molecular weight excluding hydrogens is 229 g/mol. The van der Waals surface area contributed by atoms with E-state index in [-0.39, 0.29) is 4.90 Å². The number of sulfone groups is 1. The van der Waals surface area contributed by atoms with Crippen molar-refractivity contribution in [3.63, 3.8) is 0 Å². The maximum absolute atomic E-state index is 13.0. The van der Waals surface area contributed by atoms with Crippen molar-refractivity contribution >= 4 is 15.4 Å². The topological polar surface area (TPSA) is 37.4 Å². The van der Waals surface area contributed by atoms with Crippen LogP contribution in [0.5, 0.6) is 0 Å². The molecule has 0 aliphatic carbocycles. The molecule has 0 aromatic heterocycles. The Morgan fingerprint density at radius 2 is 2.00 bits per heavy atom. The molecule has 5 heteroatoms. The van der Waals surface area contributed by atoms with Crippen molar-refractivity contribution in [3.8, 4) is 0 Å². The summed E-state index contributed by atoms with van der Waals surface area (Å²) in [6.07, 6.45) is 0. The highest BCUT2D eigenvalue weighted by molar-refractivity contribution is 7.95. The molecule has 0 bridgehead atoms. The van der Waals surface area contributed by atoms with Gasteiger partial charge in [0.2, 0.25) is 9.84 Å². The maximum Gasteiger partial charge on any atom is 0.200 e. The Bertz CT molecular complexity index is 561. The summed E-state index contributed by atoms with van der Waals surface area (Å²) in [4.78, 5) is 1.95. The quantitative estimate of drug-likeness (QED) is 0.787. The molecular formula is C11H12FNO2S. The molecule has 1 aliphatic rings. The monoisotopic (exact) mass is 241 g/mol. The van der Waals surface area contributed by atoms with E-state index in [0.717, 1.165) is 6.07 Å². The molecule has 0 radical (unpaired) electrons. The number of hydrogen-bond donors (Lipinski definition) is 0. The van der Waals surface area contributed by atoms with Crippen molar-refractivity contribution in [1.29, 1.82) is 0 Å². The molecule has 3 nitrogen and oxygen atoms in total. The summed E-state index contributed by atoms with van der Waals surface area (Å²) in [5.41, 5.74) is 1.31. The average molecular weight is 241 g/mol. The van der Waals surface area contributed by atoms with Gasteiger partial charge in [-0.2, -0.15) is 0 Å². The molecule has 0 amide bonds. The van der Waals surface area contributed by atoms with Crippen molar-refractivity contribution < 1.29 is 12.8 Å². The highest BCUT2D eigenvalue weighted by Gasteiger charge is 2.27. The largest absolute Gasteiger partial charge is 0.305 e. The van der Waals surface area contributed by atoms with Crippen molar-refractivity contribution in [2.24, 2.45) is 0 Å². The van der Waals surface area contributed by atoms with Gasteiger partial charge in [0.1, 0.15) is 5.82 Å². The maximum atomic E-state index is 13.0. The first-order valence-electron chi connectivity index (χ1n) is 4.80. The van der Waals surface area contributed by atoms with Gasteiger partial charge in [0.15, 0.2) is 0 Å². The number of rotatable bonds is 2. The molecule has 1 aromatic rings. The van der Waals surface area contributed by atoms with Crippen LogP contribution in [0.15, 0.2) is 28.5 Å². The van der Waals surface area contributed by atoms with Gasteiger partial charge in [-0.3, -0.25) is 0 Å². The normalized spacial score (nSPS) is 17.4. The third kappa shape index (κ3) is 1.88. The van der Waals surface area contributed by atoms with Gasteiger partial charge in [-0.05, 0) is 37.4 Å². The first kappa shape index (κ1) is 11.3. The van der Waals surface area contributed by atoms with Crippen LogP contribution in [-0.4, -0.2) is 34.0 Å². The standard InChI is InChI=1S/C11H12FNO2S/c1-13(2)6-8-7-16(14,15)11-5-9(12)3-4-10(8)11/h3-5,7H,6H2,1-2H3. The molecule has 2 rings (SSSR count). The van der Waals surface area contributed by atoms with E-state index in [2.05, 4.69) is 0 Å². The first-order chi connectivity index (χ1) is 7.40. The van der Waals surface area contributed by atoms with Crippen LogP contribution in [0.3, 0.4) is 0 Å². The lowest BCUT2D eigenvalue weighted by molar-refractivity contribution is 0.463. The minimum absolute atomic E-state index is 0.0735. The van der Waals surface area contributed by atoms with E-state index in [4.69, 9.17) is 0 Å². The second-order valence-electron chi connectivity index (χ2n) is 4.07. The van der Waals surface area contributed by atoms with Crippen molar-refractivity contribution in [2.75, 3.05) is 20.6 Å². The molecule has 0 saturated heterocycles. The Morgan fingerprint density at radius 1 is 1.31 bits per heavy atom. The van der Waals surface area contributed by atoms with Gasteiger partial charge in [-0.15, -0.1) is 0 Å². The van der Waals surface area contributed by atoms with E-state index in [1.54, 1.807) is 0 Å². The summed E-state index contributed by atoms with van der Waals surface area (Å²) in [5.74, 6) is -0.526. The number of likely N-dealkylation sites (N-methyl/N-ethyl adjacent to an activating group) is 1. The lowest BCUT2D eigenvalue weighted by Crippen LogP contribution is -2.13. The summed E-state index contributed by atoms with van der Waals surface area (Å²) in [7, 11) is 0.261. The van der Waals surface area contributed by atoms with E-state index in [1.807, 2.05) is 19.0 Å². The van der Waals surface area contributed by atoms with Crippen molar-refractivity contribution in [1.82, 2.24) is 4.90 Å².